The summed E-state index contributed by atoms with van der Waals surface area (Å²) < 4.78 is 15.1. The number of aromatic nitrogens is 1. The van der Waals surface area contributed by atoms with Crippen molar-refractivity contribution in [3.63, 3.8) is 0 Å². The van der Waals surface area contributed by atoms with Crippen molar-refractivity contribution < 1.29 is 14.3 Å². The van der Waals surface area contributed by atoms with Gasteiger partial charge in [-0.1, -0.05) is 59.6 Å². The van der Waals surface area contributed by atoms with Gasteiger partial charge in [0.2, 0.25) is 0 Å². The maximum absolute atomic E-state index is 15.1. The van der Waals surface area contributed by atoms with Crippen LogP contribution in [0.3, 0.4) is 0 Å². The summed E-state index contributed by atoms with van der Waals surface area (Å²) in [5, 5.41) is 12.0. The molecule has 0 saturated heterocycles. The zero-order valence-electron chi connectivity index (χ0n) is 18.3. The fraction of sp³-hybridized carbons (Fsp3) is 0.222. The van der Waals surface area contributed by atoms with Gasteiger partial charge in [0.05, 0.1) is 23.2 Å². The number of aromatic amines is 1. The number of aliphatic hydroxyl groups excluding tert-OH is 1. The van der Waals surface area contributed by atoms with E-state index in [2.05, 4.69) is 17.1 Å². The van der Waals surface area contributed by atoms with Crippen LogP contribution in [0.15, 0.2) is 66.9 Å². The second-order valence-electron chi connectivity index (χ2n) is 8.76. The van der Waals surface area contributed by atoms with Crippen LogP contribution in [0.25, 0.3) is 10.9 Å². The van der Waals surface area contributed by atoms with Crippen molar-refractivity contribution >= 4 is 40.0 Å². The summed E-state index contributed by atoms with van der Waals surface area (Å²) in [7, 11) is 0. The molecule has 4 aromatic rings. The fourth-order valence-electron chi connectivity index (χ4n) is 4.26. The van der Waals surface area contributed by atoms with Gasteiger partial charge in [-0.2, -0.15) is 0 Å². The molecule has 1 atom stereocenters. The Bertz CT molecular complexity index is 1330. The van der Waals surface area contributed by atoms with Gasteiger partial charge in [0.25, 0.3) is 5.91 Å². The van der Waals surface area contributed by atoms with Crippen LogP contribution in [0.2, 0.25) is 10.0 Å². The third kappa shape index (κ3) is 4.69. The molecule has 1 aromatic heterocycles. The topological polar surface area (TPSA) is 56.3 Å². The van der Waals surface area contributed by atoms with Crippen LogP contribution in [-0.4, -0.2) is 27.4 Å². The second-order valence-corrected chi connectivity index (χ2v) is 9.60. The van der Waals surface area contributed by atoms with E-state index >= 15 is 4.39 Å². The third-order valence-corrected chi connectivity index (χ3v) is 6.82. The first-order valence-corrected chi connectivity index (χ1v) is 11.9. The molecule has 1 aliphatic carbocycles. The average Bonchev–Trinajstić information content (AvgIpc) is 3.58. The van der Waals surface area contributed by atoms with Gasteiger partial charge in [-0.3, -0.25) is 4.79 Å². The molecular weight excluding hydrogens is 474 g/mol. The molecule has 7 heteroatoms. The van der Waals surface area contributed by atoms with Crippen LogP contribution in [0.1, 0.15) is 51.9 Å². The first kappa shape index (κ1) is 22.9. The summed E-state index contributed by atoms with van der Waals surface area (Å²) >= 11 is 12.1. The van der Waals surface area contributed by atoms with Gasteiger partial charge in [-0.15, -0.1) is 0 Å². The normalized spacial score (nSPS) is 14.4. The Morgan fingerprint density at radius 3 is 2.47 bits per heavy atom. The number of benzene rings is 3. The van der Waals surface area contributed by atoms with Crippen molar-refractivity contribution in [2.24, 2.45) is 0 Å². The second kappa shape index (κ2) is 9.41. The van der Waals surface area contributed by atoms with Crippen LogP contribution >= 0.6 is 23.2 Å². The van der Waals surface area contributed by atoms with Crippen molar-refractivity contribution in [3.05, 3.63) is 105 Å². The minimum absolute atomic E-state index is 0.0288. The van der Waals surface area contributed by atoms with Gasteiger partial charge in [0, 0.05) is 23.2 Å². The van der Waals surface area contributed by atoms with Crippen molar-refractivity contribution in [3.8, 4) is 0 Å². The minimum Gasteiger partial charge on any atom is -0.387 e. The third-order valence-electron chi connectivity index (χ3n) is 6.29. The van der Waals surface area contributed by atoms with Crippen LogP contribution < -0.4 is 0 Å². The number of aliphatic hydroxyl groups is 1. The molecule has 2 N–H and O–H groups in total. The first-order chi connectivity index (χ1) is 16.4. The lowest BCUT2D eigenvalue weighted by Gasteiger charge is -2.26. The van der Waals surface area contributed by atoms with E-state index in [1.807, 2.05) is 12.1 Å². The summed E-state index contributed by atoms with van der Waals surface area (Å²) in [6.07, 6.45) is 3.07. The molecule has 1 amide bonds. The maximum Gasteiger partial charge on any atom is 0.259 e. The number of nitrogens with zero attached hydrogens (tertiary/aromatic N) is 1. The number of rotatable bonds is 7. The highest BCUT2D eigenvalue weighted by Crippen LogP contribution is 2.40. The van der Waals surface area contributed by atoms with Crippen molar-refractivity contribution in [1.82, 2.24) is 9.88 Å². The molecule has 1 aliphatic rings. The van der Waals surface area contributed by atoms with Crippen molar-refractivity contribution in [1.29, 1.82) is 0 Å². The lowest BCUT2D eigenvalue weighted by Crippen LogP contribution is -2.35. The highest BCUT2D eigenvalue weighted by atomic mass is 35.5. The molecule has 0 unspecified atom stereocenters. The van der Waals surface area contributed by atoms with Gasteiger partial charge in [-0.25, -0.2) is 4.39 Å². The van der Waals surface area contributed by atoms with Crippen LogP contribution in [-0.2, 0) is 6.54 Å². The Hall–Kier alpha value is -2.86. The molecule has 1 heterocycles. The molecule has 5 rings (SSSR count). The predicted molar refractivity (Wildman–Crippen MR) is 133 cm³/mol. The minimum atomic E-state index is -0.978. The van der Waals surface area contributed by atoms with E-state index in [0.29, 0.717) is 27.4 Å². The Morgan fingerprint density at radius 2 is 1.79 bits per heavy atom. The van der Waals surface area contributed by atoms with Crippen LogP contribution in [0.5, 0.6) is 0 Å². The lowest BCUT2D eigenvalue weighted by molar-refractivity contribution is 0.0601. The fourth-order valence-corrected chi connectivity index (χ4v) is 4.59. The van der Waals surface area contributed by atoms with E-state index in [9.17, 15) is 9.90 Å². The molecular formula is C27H23Cl2FN2O2. The Morgan fingerprint density at radius 1 is 1.09 bits per heavy atom. The molecule has 0 spiro atoms. The quantitative estimate of drug-likeness (QED) is 0.293. The van der Waals surface area contributed by atoms with Gasteiger partial charge >= 0.3 is 0 Å². The summed E-state index contributed by atoms with van der Waals surface area (Å²) in [5.74, 6) is -0.705. The van der Waals surface area contributed by atoms with E-state index in [4.69, 9.17) is 23.2 Å². The zero-order chi connectivity index (χ0) is 23.8. The molecule has 174 valence electrons. The van der Waals surface area contributed by atoms with Crippen molar-refractivity contribution in [2.75, 3.05) is 6.54 Å². The number of fused-ring (bicyclic) bond motifs is 1. The number of nitrogens with one attached hydrogen (secondary N) is 1. The Balaban J connectivity index is 1.49. The Kier molecular flexibility index (Phi) is 6.34. The van der Waals surface area contributed by atoms with Crippen LogP contribution in [0.4, 0.5) is 4.39 Å². The summed E-state index contributed by atoms with van der Waals surface area (Å²) in [6, 6.07) is 18.1. The highest BCUT2D eigenvalue weighted by molar-refractivity contribution is 6.32. The molecule has 1 fully saturated rings. The number of hydrogen-bond donors (Lipinski definition) is 2. The van der Waals surface area contributed by atoms with E-state index in [1.165, 1.54) is 29.4 Å². The zero-order valence-corrected chi connectivity index (χ0v) is 19.8. The van der Waals surface area contributed by atoms with Gasteiger partial charge in [-0.05, 0) is 59.7 Å². The first-order valence-electron chi connectivity index (χ1n) is 11.2. The number of hydrogen-bond acceptors (Lipinski definition) is 2. The van der Waals surface area contributed by atoms with Gasteiger partial charge in [0.15, 0.2) is 5.82 Å². The smallest absolute Gasteiger partial charge is 0.259 e. The number of amides is 1. The monoisotopic (exact) mass is 496 g/mol. The number of carbonyl (C=O) groups excluding carboxylic acids is 1. The molecule has 34 heavy (non-hydrogen) atoms. The molecule has 0 aliphatic heterocycles. The van der Waals surface area contributed by atoms with E-state index in [-0.39, 0.29) is 23.7 Å². The van der Waals surface area contributed by atoms with Gasteiger partial charge in [0.1, 0.15) is 5.56 Å². The standard InChI is InChI=1S/C27H23Cl2FN2O2/c28-21-9-7-19(8-10-21)23(33)15-32(14-16-1-3-17(4-2-16)18-5-6-18)27(34)24-25(30)22(29)13-20-11-12-31-26(20)24/h1-4,7-13,18,23,31,33H,5-6,14-15H2/t23-/m0/s1. The molecule has 4 nitrogen and oxygen atoms in total. The van der Waals surface area contributed by atoms with E-state index in [0.717, 1.165) is 5.56 Å². The van der Waals surface area contributed by atoms with Crippen molar-refractivity contribution in [2.45, 2.75) is 31.4 Å². The van der Waals surface area contributed by atoms with E-state index < -0.39 is 17.8 Å². The SMILES string of the molecule is O=C(c1c(F)c(Cl)cc2cc[nH]c12)N(Cc1ccc(C2CC2)cc1)C[C@H](O)c1ccc(Cl)cc1. The van der Waals surface area contributed by atoms with E-state index in [1.54, 1.807) is 36.5 Å². The molecule has 0 bridgehead atoms. The summed E-state index contributed by atoms with van der Waals surface area (Å²) in [5.41, 5.74) is 3.04. The molecule has 0 radical (unpaired) electrons. The summed E-state index contributed by atoms with van der Waals surface area (Å²) in [6.45, 7) is 0.182. The van der Waals surface area contributed by atoms with Crippen LogP contribution in [0, 0.1) is 5.82 Å². The predicted octanol–water partition coefficient (Wildman–Crippen LogP) is 6.87. The molecule has 3 aromatic carbocycles. The lowest BCUT2D eigenvalue weighted by atomic mass is 10.0. The summed E-state index contributed by atoms with van der Waals surface area (Å²) in [4.78, 5) is 18.1. The number of H-pyrrole nitrogens is 1. The largest absolute Gasteiger partial charge is 0.387 e. The number of carbonyl (C=O) groups is 1. The van der Waals surface area contributed by atoms with Gasteiger partial charge < -0.3 is 15.0 Å². The Labute approximate surface area is 206 Å². The maximum atomic E-state index is 15.1. The number of halogens is 3. The highest BCUT2D eigenvalue weighted by Gasteiger charge is 2.27. The average molecular weight is 497 g/mol. The molecule has 1 saturated carbocycles.